The fourth-order valence-electron chi connectivity index (χ4n) is 3.62. The second-order valence-electron chi connectivity index (χ2n) is 6.61. The summed E-state index contributed by atoms with van der Waals surface area (Å²) in [6, 6.07) is 8.15. The predicted molar refractivity (Wildman–Crippen MR) is 87.0 cm³/mol. The Bertz CT molecular complexity index is 506. The SMILES string of the molecule is COc1ccc(CCCNC(=O)C2CC23CCNCC3)cc1. The standard InChI is InChI=1S/C18H26N2O2/c1-22-15-6-4-14(5-7-15)3-2-10-20-17(21)16-13-18(16)8-11-19-12-9-18/h4-7,16,19H,2-3,8-13H2,1H3,(H,20,21). The number of hydrogen-bond donors (Lipinski definition) is 2. The number of piperidine rings is 1. The molecule has 0 bridgehead atoms. The molecular formula is C18H26N2O2. The van der Waals surface area contributed by atoms with Crippen molar-refractivity contribution in [2.75, 3.05) is 26.7 Å². The monoisotopic (exact) mass is 302 g/mol. The summed E-state index contributed by atoms with van der Waals surface area (Å²) in [5.41, 5.74) is 1.63. The topological polar surface area (TPSA) is 50.4 Å². The Morgan fingerprint density at radius 1 is 1.32 bits per heavy atom. The van der Waals surface area contributed by atoms with Crippen LogP contribution in [0.2, 0.25) is 0 Å². The van der Waals surface area contributed by atoms with Gasteiger partial charge in [-0.3, -0.25) is 4.79 Å². The molecule has 22 heavy (non-hydrogen) atoms. The van der Waals surface area contributed by atoms with E-state index in [1.54, 1.807) is 7.11 Å². The van der Waals surface area contributed by atoms with Crippen molar-refractivity contribution in [2.45, 2.75) is 32.1 Å². The summed E-state index contributed by atoms with van der Waals surface area (Å²) in [5, 5.41) is 6.50. The van der Waals surface area contributed by atoms with Gasteiger partial charge in [0.1, 0.15) is 5.75 Å². The van der Waals surface area contributed by atoms with Gasteiger partial charge in [0.15, 0.2) is 0 Å². The maximum absolute atomic E-state index is 12.2. The molecule has 0 aromatic heterocycles. The zero-order chi connectivity index (χ0) is 15.4. The molecule has 1 heterocycles. The molecule has 2 fully saturated rings. The Morgan fingerprint density at radius 3 is 2.73 bits per heavy atom. The summed E-state index contributed by atoms with van der Waals surface area (Å²) in [6.45, 7) is 2.91. The minimum atomic E-state index is 0.274. The number of nitrogens with one attached hydrogen (secondary N) is 2. The quantitative estimate of drug-likeness (QED) is 0.792. The minimum absolute atomic E-state index is 0.274. The molecule has 120 valence electrons. The molecule has 4 heteroatoms. The van der Waals surface area contributed by atoms with Crippen LogP contribution in [0.15, 0.2) is 24.3 Å². The third-order valence-electron chi connectivity index (χ3n) is 5.21. The van der Waals surface area contributed by atoms with Gasteiger partial charge in [0.2, 0.25) is 5.91 Å². The Hall–Kier alpha value is -1.55. The summed E-state index contributed by atoms with van der Waals surface area (Å²) >= 11 is 0. The Kier molecular flexibility index (Phi) is 4.67. The van der Waals surface area contributed by atoms with Crippen LogP contribution in [-0.2, 0) is 11.2 Å². The van der Waals surface area contributed by atoms with Gasteiger partial charge in [0.05, 0.1) is 7.11 Å². The van der Waals surface area contributed by atoms with Crippen LogP contribution in [0.5, 0.6) is 5.75 Å². The van der Waals surface area contributed by atoms with Gasteiger partial charge in [-0.15, -0.1) is 0 Å². The van der Waals surface area contributed by atoms with Gasteiger partial charge in [-0.05, 0) is 68.3 Å². The maximum atomic E-state index is 12.2. The van der Waals surface area contributed by atoms with E-state index in [1.807, 2.05) is 12.1 Å². The van der Waals surface area contributed by atoms with Crippen molar-refractivity contribution >= 4 is 5.91 Å². The molecule has 1 atom stereocenters. The van der Waals surface area contributed by atoms with E-state index in [0.717, 1.165) is 57.5 Å². The van der Waals surface area contributed by atoms with Gasteiger partial charge in [-0.25, -0.2) is 0 Å². The number of benzene rings is 1. The van der Waals surface area contributed by atoms with Crippen LogP contribution in [0.4, 0.5) is 0 Å². The van der Waals surface area contributed by atoms with E-state index in [9.17, 15) is 4.79 Å². The molecule has 1 saturated carbocycles. The summed E-state index contributed by atoms with van der Waals surface area (Å²) in [7, 11) is 1.68. The molecule has 1 unspecified atom stereocenters. The van der Waals surface area contributed by atoms with Crippen molar-refractivity contribution < 1.29 is 9.53 Å². The third-order valence-corrected chi connectivity index (χ3v) is 5.21. The number of carbonyl (C=O) groups excluding carboxylic acids is 1. The van der Waals surface area contributed by atoms with Crippen molar-refractivity contribution in [3.05, 3.63) is 29.8 Å². The molecule has 3 rings (SSSR count). The van der Waals surface area contributed by atoms with E-state index in [0.29, 0.717) is 5.41 Å². The maximum Gasteiger partial charge on any atom is 0.223 e. The predicted octanol–water partition coefficient (Wildman–Crippen LogP) is 2.13. The normalized spacial score (nSPS) is 22.3. The number of rotatable bonds is 6. The van der Waals surface area contributed by atoms with Gasteiger partial charge in [-0.1, -0.05) is 12.1 Å². The average Bonchev–Trinajstić information content (AvgIpc) is 3.26. The number of aryl methyl sites for hydroxylation is 1. The van der Waals surface area contributed by atoms with Crippen molar-refractivity contribution in [1.29, 1.82) is 0 Å². The number of methoxy groups -OCH3 is 1. The van der Waals surface area contributed by atoms with Crippen molar-refractivity contribution in [2.24, 2.45) is 11.3 Å². The van der Waals surface area contributed by atoms with Crippen molar-refractivity contribution in [3.63, 3.8) is 0 Å². The third kappa shape index (κ3) is 3.43. The first-order chi connectivity index (χ1) is 10.7. The Morgan fingerprint density at radius 2 is 2.05 bits per heavy atom. The summed E-state index contributed by atoms with van der Waals surface area (Å²) in [4.78, 5) is 12.2. The number of carbonyl (C=O) groups is 1. The molecule has 1 aromatic carbocycles. The van der Waals surface area contributed by atoms with Crippen LogP contribution in [0.1, 0.15) is 31.2 Å². The first-order valence-corrected chi connectivity index (χ1v) is 8.35. The lowest BCUT2D eigenvalue weighted by atomic mass is 9.92. The molecule has 1 aromatic rings. The number of ether oxygens (including phenoxy) is 1. The van der Waals surface area contributed by atoms with Crippen LogP contribution in [0, 0.1) is 11.3 Å². The first kappa shape index (κ1) is 15.3. The van der Waals surface area contributed by atoms with Crippen LogP contribution >= 0.6 is 0 Å². The van der Waals surface area contributed by atoms with Gasteiger partial charge in [0, 0.05) is 12.5 Å². The highest BCUT2D eigenvalue weighted by Crippen LogP contribution is 2.58. The second-order valence-corrected chi connectivity index (χ2v) is 6.61. The molecule has 4 nitrogen and oxygen atoms in total. The lowest BCUT2D eigenvalue weighted by Gasteiger charge is -2.23. The van der Waals surface area contributed by atoms with Crippen molar-refractivity contribution in [1.82, 2.24) is 10.6 Å². The van der Waals surface area contributed by atoms with Gasteiger partial charge in [-0.2, -0.15) is 0 Å². The molecule has 2 aliphatic rings. The molecule has 1 saturated heterocycles. The molecule has 1 aliphatic carbocycles. The van der Waals surface area contributed by atoms with E-state index in [1.165, 1.54) is 5.56 Å². The zero-order valence-corrected chi connectivity index (χ0v) is 13.4. The Balaban J connectivity index is 1.35. The first-order valence-electron chi connectivity index (χ1n) is 8.35. The second kappa shape index (κ2) is 6.69. The fraction of sp³-hybridized carbons (Fsp3) is 0.611. The lowest BCUT2D eigenvalue weighted by molar-refractivity contribution is -0.123. The van der Waals surface area contributed by atoms with E-state index < -0.39 is 0 Å². The van der Waals surface area contributed by atoms with Crippen LogP contribution in [-0.4, -0.2) is 32.7 Å². The molecule has 1 spiro atoms. The van der Waals surface area contributed by atoms with Crippen LogP contribution in [0.25, 0.3) is 0 Å². The van der Waals surface area contributed by atoms with Crippen molar-refractivity contribution in [3.8, 4) is 5.75 Å². The highest BCUT2D eigenvalue weighted by Gasteiger charge is 2.57. The molecule has 1 aliphatic heterocycles. The molecule has 0 radical (unpaired) electrons. The summed E-state index contributed by atoms with van der Waals surface area (Å²) in [6.07, 6.45) is 5.40. The van der Waals surface area contributed by atoms with E-state index >= 15 is 0 Å². The Labute approximate surface area is 132 Å². The van der Waals surface area contributed by atoms with Gasteiger partial charge >= 0.3 is 0 Å². The number of hydrogen-bond acceptors (Lipinski definition) is 3. The zero-order valence-electron chi connectivity index (χ0n) is 13.4. The average molecular weight is 302 g/mol. The van der Waals surface area contributed by atoms with E-state index in [4.69, 9.17) is 4.74 Å². The minimum Gasteiger partial charge on any atom is -0.497 e. The van der Waals surface area contributed by atoms with E-state index in [2.05, 4.69) is 22.8 Å². The van der Waals surface area contributed by atoms with Gasteiger partial charge in [0.25, 0.3) is 0 Å². The molecule has 1 amide bonds. The lowest BCUT2D eigenvalue weighted by Crippen LogP contribution is -2.34. The fourth-order valence-corrected chi connectivity index (χ4v) is 3.62. The summed E-state index contributed by atoms with van der Waals surface area (Å²) < 4.78 is 5.15. The van der Waals surface area contributed by atoms with E-state index in [-0.39, 0.29) is 11.8 Å². The highest BCUT2D eigenvalue weighted by atomic mass is 16.5. The molecular weight excluding hydrogens is 276 g/mol. The number of amides is 1. The smallest absolute Gasteiger partial charge is 0.223 e. The largest absolute Gasteiger partial charge is 0.497 e. The highest BCUT2D eigenvalue weighted by molar-refractivity contribution is 5.82. The van der Waals surface area contributed by atoms with Crippen LogP contribution in [0.3, 0.4) is 0 Å². The van der Waals surface area contributed by atoms with Crippen LogP contribution < -0.4 is 15.4 Å². The molecule has 2 N–H and O–H groups in total. The summed E-state index contributed by atoms with van der Waals surface area (Å²) in [5.74, 6) is 1.44. The van der Waals surface area contributed by atoms with Gasteiger partial charge < -0.3 is 15.4 Å².